The van der Waals surface area contributed by atoms with Gasteiger partial charge in [-0.05, 0) is 115 Å². The van der Waals surface area contributed by atoms with E-state index in [2.05, 4.69) is 21.0 Å². The van der Waals surface area contributed by atoms with Gasteiger partial charge in [-0.1, -0.05) is 35.3 Å². The van der Waals surface area contributed by atoms with Crippen molar-refractivity contribution in [3.63, 3.8) is 0 Å². The molecular formula is C42H46Cl2N6O4. The van der Waals surface area contributed by atoms with Gasteiger partial charge in [-0.2, -0.15) is 5.10 Å². The van der Waals surface area contributed by atoms with E-state index in [1.165, 1.54) is 0 Å². The first kappa shape index (κ1) is 37.5. The minimum absolute atomic E-state index is 0.113. The van der Waals surface area contributed by atoms with E-state index < -0.39 is 5.97 Å². The molecule has 6 aromatic rings. The molecule has 3 aromatic heterocycles. The van der Waals surface area contributed by atoms with Gasteiger partial charge in [0.2, 0.25) is 0 Å². The van der Waals surface area contributed by atoms with Gasteiger partial charge in [0.15, 0.2) is 0 Å². The van der Waals surface area contributed by atoms with Crippen LogP contribution in [0.3, 0.4) is 0 Å². The van der Waals surface area contributed by atoms with Crippen LogP contribution in [0, 0.1) is 27.7 Å². The van der Waals surface area contributed by atoms with Crippen LogP contribution in [0.1, 0.15) is 68.3 Å². The lowest BCUT2D eigenvalue weighted by molar-refractivity contribution is 0.0696. The van der Waals surface area contributed by atoms with Crippen molar-refractivity contribution in [3.05, 3.63) is 97.9 Å². The van der Waals surface area contributed by atoms with E-state index in [9.17, 15) is 9.90 Å². The molecule has 10 nitrogen and oxygen atoms in total. The van der Waals surface area contributed by atoms with Gasteiger partial charge < -0.3 is 23.9 Å². The number of likely N-dealkylation sites (N-methyl/N-ethyl adjacent to an activating group) is 1. The summed E-state index contributed by atoms with van der Waals surface area (Å²) in [6, 6.07) is 14.9. The molecule has 1 atom stereocenters. The summed E-state index contributed by atoms with van der Waals surface area (Å²) in [6.45, 7) is 12.3. The fourth-order valence-electron chi connectivity index (χ4n) is 8.06. The first-order valence-corrected chi connectivity index (χ1v) is 19.0. The molecule has 0 radical (unpaired) electrons. The number of anilines is 1. The second-order valence-electron chi connectivity index (χ2n) is 14.8. The van der Waals surface area contributed by atoms with Crippen LogP contribution in [0.2, 0.25) is 10.0 Å². The zero-order chi connectivity index (χ0) is 38.7. The molecular weight excluding hydrogens is 723 g/mol. The Morgan fingerprint density at radius 1 is 1.02 bits per heavy atom. The Morgan fingerprint density at radius 3 is 2.39 bits per heavy atom. The summed E-state index contributed by atoms with van der Waals surface area (Å²) in [7, 11) is 5.93. The highest BCUT2D eigenvalue weighted by atomic mass is 35.5. The van der Waals surface area contributed by atoms with Gasteiger partial charge in [0.05, 0.1) is 33.9 Å². The van der Waals surface area contributed by atoms with E-state index in [4.69, 9.17) is 33.0 Å². The maximum atomic E-state index is 15.2. The average Bonchev–Trinajstić information content (AvgIpc) is 3.74. The summed E-state index contributed by atoms with van der Waals surface area (Å²) in [6.07, 6.45) is 1.26. The zero-order valence-electron chi connectivity index (χ0n) is 32.0. The number of carbonyl (C=O) groups is 2. The van der Waals surface area contributed by atoms with Crippen molar-refractivity contribution in [3.8, 4) is 16.9 Å². The van der Waals surface area contributed by atoms with Crippen LogP contribution >= 0.6 is 23.2 Å². The number of ether oxygens (including phenoxy) is 1. The van der Waals surface area contributed by atoms with Crippen molar-refractivity contribution in [2.75, 3.05) is 38.7 Å². The maximum absolute atomic E-state index is 15.2. The van der Waals surface area contributed by atoms with Crippen LogP contribution in [0.4, 0.5) is 5.82 Å². The molecule has 1 aliphatic rings. The number of aromatic carboxylic acids is 1. The zero-order valence-corrected chi connectivity index (χ0v) is 33.6. The standard InChI is InChI=1S/C42H46Cl2N6O4/c1-23-18-30(19-24(2)38(23)44)54-17-9-10-31-32-13-14-33(43)37(36-26(4)45-47(8)27(36)5)39(32)50-25(3)22-49(41(51)40(31)50)35-21-28-11-12-29(42(52)53)20-34(28)48(35)16-15-46(6)7/h11-14,18-21,25H,9-10,15-17,22H2,1-8H3,(H,52,53)/t25-/m1/s1. The number of halogens is 2. The number of amides is 1. The van der Waals surface area contributed by atoms with Crippen LogP contribution in [0.5, 0.6) is 5.75 Å². The van der Waals surface area contributed by atoms with Gasteiger partial charge in [-0.3, -0.25) is 14.4 Å². The molecule has 0 saturated heterocycles. The quantitative estimate of drug-likeness (QED) is 0.132. The number of carboxylic acids is 1. The summed E-state index contributed by atoms with van der Waals surface area (Å²) < 4.78 is 12.4. The second kappa shape index (κ2) is 14.5. The Kier molecular flexibility index (Phi) is 10.1. The van der Waals surface area contributed by atoms with Crippen molar-refractivity contribution >= 4 is 62.7 Å². The van der Waals surface area contributed by atoms with Crippen LogP contribution < -0.4 is 9.64 Å². The van der Waals surface area contributed by atoms with Crippen LogP contribution in [0.15, 0.2) is 48.5 Å². The SMILES string of the molecule is Cc1cc(OCCCc2c3n(c4c(-c5c(C)nn(C)c5C)c(Cl)ccc24)[C@H](C)CN(c2cc4ccc(C(=O)O)cc4n2CCN(C)C)C3=O)cc(C)c1Cl. The molecule has 0 unspecified atom stereocenters. The average molecular weight is 770 g/mol. The number of rotatable bonds is 11. The summed E-state index contributed by atoms with van der Waals surface area (Å²) in [5.41, 5.74) is 9.11. The van der Waals surface area contributed by atoms with Crippen LogP contribution in [-0.2, 0) is 20.0 Å². The third-order valence-corrected chi connectivity index (χ3v) is 11.7. The molecule has 1 N–H and O–H groups in total. The summed E-state index contributed by atoms with van der Waals surface area (Å²) in [5, 5.41) is 17.8. The molecule has 1 aliphatic heterocycles. The molecule has 4 heterocycles. The highest BCUT2D eigenvalue weighted by Gasteiger charge is 2.38. The number of hydrogen-bond acceptors (Lipinski definition) is 5. The number of aryl methyl sites for hydroxylation is 5. The number of aromatic nitrogens is 4. The molecule has 0 bridgehead atoms. The van der Waals surface area contributed by atoms with Gasteiger partial charge in [0.1, 0.15) is 17.3 Å². The topological polar surface area (TPSA) is 97.8 Å². The molecule has 0 spiro atoms. The molecule has 7 rings (SSSR count). The van der Waals surface area contributed by atoms with Crippen LogP contribution in [-0.4, -0.2) is 74.6 Å². The number of hydrogen-bond donors (Lipinski definition) is 1. The van der Waals surface area contributed by atoms with E-state index >= 15 is 4.79 Å². The van der Waals surface area contributed by atoms with Crippen molar-refractivity contribution in [1.29, 1.82) is 0 Å². The van der Waals surface area contributed by atoms with Crippen molar-refractivity contribution in [2.45, 2.75) is 60.0 Å². The lowest BCUT2D eigenvalue weighted by atomic mass is 9.98. The summed E-state index contributed by atoms with van der Waals surface area (Å²) >= 11 is 13.5. The normalized spacial score (nSPS) is 14.5. The number of carbonyl (C=O) groups excluding carboxylic acids is 1. The Balaban J connectivity index is 1.38. The van der Waals surface area contributed by atoms with E-state index in [-0.39, 0.29) is 17.5 Å². The Bertz CT molecular complexity index is 2450. The summed E-state index contributed by atoms with van der Waals surface area (Å²) in [4.78, 5) is 31.2. The molecule has 282 valence electrons. The lowest BCUT2D eigenvalue weighted by Crippen LogP contribution is -2.43. The number of nitrogens with zero attached hydrogens (tertiary/aromatic N) is 6. The number of fused-ring (bicyclic) bond motifs is 4. The van der Waals surface area contributed by atoms with Crippen molar-refractivity contribution in [1.82, 2.24) is 23.8 Å². The van der Waals surface area contributed by atoms with E-state index in [0.717, 1.165) is 77.6 Å². The van der Waals surface area contributed by atoms with Crippen LogP contribution in [0.25, 0.3) is 32.9 Å². The van der Waals surface area contributed by atoms with Gasteiger partial charge in [0, 0.05) is 65.3 Å². The highest BCUT2D eigenvalue weighted by Crippen LogP contribution is 2.45. The first-order chi connectivity index (χ1) is 25.7. The van der Waals surface area contributed by atoms with Crippen molar-refractivity contribution in [2.24, 2.45) is 7.05 Å². The fourth-order valence-corrected chi connectivity index (χ4v) is 8.41. The van der Waals surface area contributed by atoms with E-state index in [1.807, 2.05) is 94.8 Å². The predicted molar refractivity (Wildman–Crippen MR) is 217 cm³/mol. The number of benzene rings is 3. The molecule has 0 saturated carbocycles. The predicted octanol–water partition coefficient (Wildman–Crippen LogP) is 9.03. The molecule has 3 aromatic carbocycles. The highest BCUT2D eigenvalue weighted by molar-refractivity contribution is 6.35. The lowest BCUT2D eigenvalue weighted by Gasteiger charge is -2.35. The maximum Gasteiger partial charge on any atom is 0.335 e. The minimum atomic E-state index is -0.991. The van der Waals surface area contributed by atoms with Gasteiger partial charge in [-0.15, -0.1) is 0 Å². The third-order valence-electron chi connectivity index (χ3n) is 10.7. The molecule has 12 heteroatoms. The molecule has 0 aliphatic carbocycles. The smallest absolute Gasteiger partial charge is 0.335 e. The molecule has 54 heavy (non-hydrogen) atoms. The van der Waals surface area contributed by atoms with E-state index in [1.54, 1.807) is 12.1 Å². The van der Waals surface area contributed by atoms with E-state index in [0.29, 0.717) is 49.8 Å². The van der Waals surface area contributed by atoms with Crippen molar-refractivity contribution < 1.29 is 19.4 Å². The Morgan fingerprint density at radius 2 is 1.74 bits per heavy atom. The fraction of sp³-hybridized carbons (Fsp3) is 0.357. The third kappa shape index (κ3) is 6.44. The second-order valence-corrected chi connectivity index (χ2v) is 15.6. The minimum Gasteiger partial charge on any atom is -0.494 e. The Labute approximate surface area is 325 Å². The van der Waals surface area contributed by atoms with Gasteiger partial charge in [0.25, 0.3) is 5.91 Å². The molecule has 0 fully saturated rings. The first-order valence-electron chi connectivity index (χ1n) is 18.3. The molecule has 1 amide bonds. The van der Waals surface area contributed by atoms with Gasteiger partial charge >= 0.3 is 5.97 Å². The number of carboxylic acid groups (broad SMARTS) is 1. The van der Waals surface area contributed by atoms with Gasteiger partial charge in [-0.25, -0.2) is 4.79 Å². The monoisotopic (exact) mass is 768 g/mol. The largest absolute Gasteiger partial charge is 0.494 e. The summed E-state index contributed by atoms with van der Waals surface area (Å²) in [5.74, 6) is 0.401. The Hall–Kier alpha value is -4.77.